The minimum Gasteiger partial charge on any atom is -0.388 e. The fourth-order valence-electron chi connectivity index (χ4n) is 1.83. The van der Waals surface area contributed by atoms with Gasteiger partial charge in [0.15, 0.2) is 0 Å². The lowest BCUT2D eigenvalue weighted by Gasteiger charge is -2.15. The minimum atomic E-state index is -0.844. The van der Waals surface area contributed by atoms with Crippen molar-refractivity contribution >= 4 is 39.1 Å². The van der Waals surface area contributed by atoms with Crippen molar-refractivity contribution in [3.63, 3.8) is 0 Å². The van der Waals surface area contributed by atoms with E-state index in [2.05, 4.69) is 15.9 Å². The summed E-state index contributed by atoms with van der Waals surface area (Å²) in [6.07, 6.45) is -0.549. The van der Waals surface area contributed by atoms with Gasteiger partial charge in [0.05, 0.1) is 6.10 Å². The molecule has 0 fully saturated rings. The Morgan fingerprint density at radius 1 is 1.16 bits per heavy atom. The molecular weight excluding hydrogens is 354 g/mol. The SMILES string of the molecule is OC(Cc1ccc(F)cc1Br)c1c(Cl)cccc1Cl. The van der Waals surface area contributed by atoms with Gasteiger partial charge in [-0.25, -0.2) is 4.39 Å². The first-order valence-electron chi connectivity index (χ1n) is 5.55. The third-order valence-electron chi connectivity index (χ3n) is 2.76. The second-order valence-electron chi connectivity index (χ2n) is 4.09. The van der Waals surface area contributed by atoms with E-state index < -0.39 is 6.10 Å². The molecule has 0 bridgehead atoms. The van der Waals surface area contributed by atoms with E-state index in [1.807, 2.05) is 0 Å². The molecule has 0 aliphatic heterocycles. The third kappa shape index (κ3) is 3.48. The molecule has 1 N–H and O–H groups in total. The van der Waals surface area contributed by atoms with Gasteiger partial charge in [-0.05, 0) is 29.8 Å². The molecule has 1 unspecified atom stereocenters. The van der Waals surface area contributed by atoms with Crippen LogP contribution in [0.25, 0.3) is 0 Å². The number of benzene rings is 2. The molecule has 0 amide bonds. The molecular formula is C14H10BrCl2FO. The van der Waals surface area contributed by atoms with Crippen LogP contribution in [0.1, 0.15) is 17.2 Å². The Morgan fingerprint density at radius 2 is 1.79 bits per heavy atom. The molecule has 0 spiro atoms. The second-order valence-corrected chi connectivity index (χ2v) is 5.76. The molecule has 1 nitrogen and oxygen atoms in total. The topological polar surface area (TPSA) is 20.2 Å². The summed E-state index contributed by atoms with van der Waals surface area (Å²) in [5.74, 6) is -0.333. The van der Waals surface area contributed by atoms with Gasteiger partial charge in [-0.2, -0.15) is 0 Å². The van der Waals surface area contributed by atoms with E-state index in [1.54, 1.807) is 24.3 Å². The summed E-state index contributed by atoms with van der Waals surface area (Å²) in [5.41, 5.74) is 1.27. The lowest BCUT2D eigenvalue weighted by Crippen LogP contribution is -2.04. The maximum Gasteiger partial charge on any atom is 0.124 e. The van der Waals surface area contributed by atoms with Crippen LogP contribution in [0.4, 0.5) is 4.39 Å². The first-order chi connectivity index (χ1) is 8.99. The molecule has 2 aromatic rings. The van der Waals surface area contributed by atoms with Crippen molar-refractivity contribution in [2.24, 2.45) is 0 Å². The zero-order valence-corrected chi connectivity index (χ0v) is 12.8. The average molecular weight is 364 g/mol. The quantitative estimate of drug-likeness (QED) is 0.797. The summed E-state index contributed by atoms with van der Waals surface area (Å²) in [5, 5.41) is 11.1. The summed E-state index contributed by atoms with van der Waals surface area (Å²) in [6.45, 7) is 0. The lowest BCUT2D eigenvalue weighted by molar-refractivity contribution is 0.178. The molecule has 0 heterocycles. The molecule has 0 aromatic heterocycles. The van der Waals surface area contributed by atoms with Crippen molar-refractivity contribution in [2.45, 2.75) is 12.5 Å². The van der Waals surface area contributed by atoms with Gasteiger partial charge in [0.1, 0.15) is 5.82 Å². The first kappa shape index (κ1) is 14.8. The average Bonchev–Trinajstić information content (AvgIpc) is 2.32. The van der Waals surface area contributed by atoms with Crippen LogP contribution in [0.2, 0.25) is 10.0 Å². The van der Waals surface area contributed by atoms with E-state index in [4.69, 9.17) is 23.2 Å². The lowest BCUT2D eigenvalue weighted by atomic mass is 10.0. The van der Waals surface area contributed by atoms with E-state index >= 15 is 0 Å². The highest BCUT2D eigenvalue weighted by Gasteiger charge is 2.17. The van der Waals surface area contributed by atoms with Crippen molar-refractivity contribution in [2.75, 3.05) is 0 Å². The normalized spacial score (nSPS) is 12.5. The van der Waals surface area contributed by atoms with Gasteiger partial charge < -0.3 is 5.11 Å². The predicted octanol–water partition coefficient (Wildman–Crippen LogP) is 5.17. The summed E-state index contributed by atoms with van der Waals surface area (Å²) in [6, 6.07) is 9.39. The Morgan fingerprint density at radius 3 is 2.37 bits per heavy atom. The summed E-state index contributed by atoms with van der Waals surface area (Å²) in [7, 11) is 0. The number of hydrogen-bond donors (Lipinski definition) is 1. The molecule has 5 heteroatoms. The van der Waals surface area contributed by atoms with Crippen LogP contribution in [0.15, 0.2) is 40.9 Å². The number of hydrogen-bond acceptors (Lipinski definition) is 1. The monoisotopic (exact) mass is 362 g/mol. The zero-order chi connectivity index (χ0) is 14.0. The fourth-order valence-corrected chi connectivity index (χ4v) is 2.99. The summed E-state index contributed by atoms with van der Waals surface area (Å²) >= 11 is 15.3. The Balaban J connectivity index is 2.28. The van der Waals surface area contributed by atoms with Gasteiger partial charge in [0, 0.05) is 26.5 Å². The molecule has 0 saturated heterocycles. The number of aliphatic hydroxyl groups excluding tert-OH is 1. The third-order valence-corrected chi connectivity index (χ3v) is 4.16. The fraction of sp³-hybridized carbons (Fsp3) is 0.143. The Labute approximate surface area is 129 Å². The second kappa shape index (κ2) is 6.23. The highest BCUT2D eigenvalue weighted by atomic mass is 79.9. The first-order valence-corrected chi connectivity index (χ1v) is 7.10. The van der Waals surface area contributed by atoms with Crippen LogP contribution < -0.4 is 0 Å². The Bertz CT molecular complexity index is 584. The van der Waals surface area contributed by atoms with Crippen molar-refractivity contribution in [1.82, 2.24) is 0 Å². The van der Waals surface area contributed by atoms with Crippen molar-refractivity contribution < 1.29 is 9.50 Å². The van der Waals surface area contributed by atoms with Crippen molar-refractivity contribution in [3.8, 4) is 0 Å². The van der Waals surface area contributed by atoms with Crippen molar-refractivity contribution in [3.05, 3.63) is 67.9 Å². The van der Waals surface area contributed by atoms with Crippen LogP contribution >= 0.6 is 39.1 Å². The smallest absolute Gasteiger partial charge is 0.124 e. The molecule has 2 aromatic carbocycles. The van der Waals surface area contributed by atoms with E-state index in [1.165, 1.54) is 12.1 Å². The largest absolute Gasteiger partial charge is 0.388 e. The van der Waals surface area contributed by atoms with E-state index in [9.17, 15) is 9.50 Å². The minimum absolute atomic E-state index is 0.296. The van der Waals surface area contributed by atoms with E-state index in [0.29, 0.717) is 26.5 Å². The summed E-state index contributed by atoms with van der Waals surface area (Å²) < 4.78 is 13.6. The Kier molecular flexibility index (Phi) is 4.85. The number of halogens is 4. The molecule has 0 radical (unpaired) electrons. The van der Waals surface area contributed by atoms with Gasteiger partial charge in [0.2, 0.25) is 0 Å². The van der Waals surface area contributed by atoms with Gasteiger partial charge >= 0.3 is 0 Å². The molecule has 0 saturated carbocycles. The van der Waals surface area contributed by atoms with Crippen LogP contribution in [-0.4, -0.2) is 5.11 Å². The van der Waals surface area contributed by atoms with Crippen LogP contribution in [0.5, 0.6) is 0 Å². The van der Waals surface area contributed by atoms with E-state index in [-0.39, 0.29) is 5.82 Å². The van der Waals surface area contributed by atoms with Gasteiger partial charge in [-0.3, -0.25) is 0 Å². The molecule has 0 aliphatic rings. The maximum atomic E-state index is 13.0. The summed E-state index contributed by atoms with van der Waals surface area (Å²) in [4.78, 5) is 0. The highest BCUT2D eigenvalue weighted by Crippen LogP contribution is 2.33. The van der Waals surface area contributed by atoms with Crippen LogP contribution in [0, 0.1) is 5.82 Å². The van der Waals surface area contributed by atoms with Crippen LogP contribution in [0.3, 0.4) is 0 Å². The molecule has 19 heavy (non-hydrogen) atoms. The van der Waals surface area contributed by atoms with Gasteiger partial charge in [-0.15, -0.1) is 0 Å². The maximum absolute atomic E-state index is 13.0. The highest BCUT2D eigenvalue weighted by molar-refractivity contribution is 9.10. The van der Waals surface area contributed by atoms with Gasteiger partial charge in [0.25, 0.3) is 0 Å². The molecule has 2 rings (SSSR count). The van der Waals surface area contributed by atoms with Crippen LogP contribution in [-0.2, 0) is 6.42 Å². The molecule has 1 atom stereocenters. The molecule has 0 aliphatic carbocycles. The molecule has 100 valence electrons. The number of rotatable bonds is 3. The predicted molar refractivity (Wildman–Crippen MR) is 79.2 cm³/mol. The number of aliphatic hydroxyl groups is 1. The Hall–Kier alpha value is -0.610. The van der Waals surface area contributed by atoms with Crippen molar-refractivity contribution in [1.29, 1.82) is 0 Å². The standard InChI is InChI=1S/C14H10BrCl2FO/c15-10-7-9(18)5-4-8(10)6-13(19)14-11(16)2-1-3-12(14)17/h1-5,7,13,19H,6H2. The van der Waals surface area contributed by atoms with Gasteiger partial charge in [-0.1, -0.05) is 51.3 Å². The van der Waals surface area contributed by atoms with E-state index in [0.717, 1.165) is 5.56 Å². The zero-order valence-electron chi connectivity index (χ0n) is 9.71.